The average molecular weight is 439 g/mol. The Hall–Kier alpha value is -3.70. The maximum absolute atomic E-state index is 13.7. The number of nitrogens with one attached hydrogen (secondary N) is 1. The molecule has 0 radical (unpaired) electrons. The highest BCUT2D eigenvalue weighted by molar-refractivity contribution is 5.97. The first-order chi connectivity index (χ1) is 14.3. The first-order valence-corrected chi connectivity index (χ1v) is 8.48. The van der Waals surface area contributed by atoms with E-state index >= 15 is 0 Å². The van der Waals surface area contributed by atoms with E-state index in [9.17, 15) is 31.9 Å². The Kier molecular flexibility index (Phi) is 6.52. The SMILES string of the molecule is C[C@](O)(COc1ccc(C#N)cc1)C(=O)Nc1ccc(C#N)c(C(F)(F)C(F)(F)F)c1. The van der Waals surface area contributed by atoms with E-state index in [0.717, 1.165) is 13.0 Å². The van der Waals surface area contributed by atoms with E-state index < -0.39 is 47.0 Å². The smallest absolute Gasteiger partial charge is 0.458 e. The molecule has 162 valence electrons. The first kappa shape index (κ1) is 23.6. The molecule has 0 aliphatic rings. The van der Waals surface area contributed by atoms with Gasteiger partial charge in [-0.2, -0.15) is 32.5 Å². The van der Waals surface area contributed by atoms with Crippen LogP contribution < -0.4 is 10.1 Å². The zero-order chi connectivity index (χ0) is 23.4. The van der Waals surface area contributed by atoms with Gasteiger partial charge in [0.05, 0.1) is 28.8 Å². The molecule has 0 spiro atoms. The Balaban J connectivity index is 2.19. The van der Waals surface area contributed by atoms with Gasteiger partial charge >= 0.3 is 12.1 Å². The quantitative estimate of drug-likeness (QED) is 0.665. The summed E-state index contributed by atoms with van der Waals surface area (Å²) in [5.41, 5.74) is -4.88. The van der Waals surface area contributed by atoms with Gasteiger partial charge in [0, 0.05) is 5.69 Å². The van der Waals surface area contributed by atoms with Gasteiger partial charge in [-0.05, 0) is 49.4 Å². The van der Waals surface area contributed by atoms with Crippen LogP contribution in [0, 0.1) is 22.7 Å². The maximum Gasteiger partial charge on any atom is 0.458 e. The molecule has 6 nitrogen and oxygen atoms in total. The molecule has 0 fully saturated rings. The van der Waals surface area contributed by atoms with Crippen molar-refractivity contribution in [1.82, 2.24) is 0 Å². The van der Waals surface area contributed by atoms with E-state index in [2.05, 4.69) is 0 Å². The van der Waals surface area contributed by atoms with E-state index in [1.807, 2.05) is 11.4 Å². The van der Waals surface area contributed by atoms with Crippen molar-refractivity contribution in [3.8, 4) is 17.9 Å². The van der Waals surface area contributed by atoms with Gasteiger partial charge < -0.3 is 15.2 Å². The van der Waals surface area contributed by atoms with E-state index in [-0.39, 0.29) is 5.75 Å². The fourth-order valence-electron chi connectivity index (χ4n) is 2.31. The molecule has 2 aromatic carbocycles. The molecule has 0 heterocycles. The number of carbonyl (C=O) groups is 1. The number of hydrogen-bond donors (Lipinski definition) is 2. The van der Waals surface area contributed by atoms with Crippen LogP contribution in [0.25, 0.3) is 0 Å². The van der Waals surface area contributed by atoms with Crippen LogP contribution in [0.5, 0.6) is 5.75 Å². The number of aliphatic hydroxyl groups is 1. The topological polar surface area (TPSA) is 106 Å². The maximum atomic E-state index is 13.7. The summed E-state index contributed by atoms with van der Waals surface area (Å²) in [7, 11) is 0. The van der Waals surface area contributed by atoms with Gasteiger partial charge in [-0.25, -0.2) is 0 Å². The molecular formula is C20H14F5N3O3. The number of alkyl halides is 5. The Morgan fingerprint density at radius 2 is 1.68 bits per heavy atom. The van der Waals surface area contributed by atoms with Crippen LogP contribution in [0.1, 0.15) is 23.6 Å². The zero-order valence-electron chi connectivity index (χ0n) is 15.8. The lowest BCUT2D eigenvalue weighted by Gasteiger charge is -2.24. The Morgan fingerprint density at radius 3 is 2.19 bits per heavy atom. The number of hydrogen-bond acceptors (Lipinski definition) is 5. The number of ether oxygens (including phenoxy) is 1. The van der Waals surface area contributed by atoms with E-state index in [0.29, 0.717) is 17.7 Å². The predicted octanol–water partition coefficient (Wildman–Crippen LogP) is 3.85. The van der Waals surface area contributed by atoms with Gasteiger partial charge in [0.15, 0.2) is 5.60 Å². The summed E-state index contributed by atoms with van der Waals surface area (Å²) >= 11 is 0. The monoisotopic (exact) mass is 439 g/mol. The molecule has 1 atom stereocenters. The van der Waals surface area contributed by atoms with Crippen molar-refractivity contribution in [2.24, 2.45) is 0 Å². The number of rotatable bonds is 6. The van der Waals surface area contributed by atoms with Crippen LogP contribution in [-0.2, 0) is 10.7 Å². The van der Waals surface area contributed by atoms with Gasteiger partial charge in [0.2, 0.25) is 0 Å². The summed E-state index contributed by atoms with van der Waals surface area (Å²) in [5, 5.41) is 29.9. The second kappa shape index (κ2) is 8.58. The molecule has 2 aromatic rings. The highest BCUT2D eigenvalue weighted by Gasteiger charge is 2.59. The Labute approximate surface area is 173 Å². The summed E-state index contributed by atoms with van der Waals surface area (Å²) in [4.78, 5) is 12.3. The summed E-state index contributed by atoms with van der Waals surface area (Å²) in [6.45, 7) is 0.452. The molecule has 2 N–H and O–H groups in total. The minimum Gasteiger partial charge on any atom is -0.490 e. The van der Waals surface area contributed by atoms with Gasteiger partial charge in [-0.1, -0.05) is 0 Å². The van der Waals surface area contributed by atoms with E-state index in [4.69, 9.17) is 15.3 Å². The Morgan fingerprint density at radius 1 is 1.06 bits per heavy atom. The zero-order valence-corrected chi connectivity index (χ0v) is 15.8. The number of benzene rings is 2. The van der Waals surface area contributed by atoms with E-state index in [1.165, 1.54) is 30.3 Å². The lowest BCUT2D eigenvalue weighted by molar-refractivity contribution is -0.289. The van der Waals surface area contributed by atoms with Crippen LogP contribution in [0.3, 0.4) is 0 Å². The van der Waals surface area contributed by atoms with Crippen LogP contribution in [-0.4, -0.2) is 29.4 Å². The van der Waals surface area contributed by atoms with Crippen molar-refractivity contribution in [2.45, 2.75) is 24.6 Å². The summed E-state index contributed by atoms with van der Waals surface area (Å²) in [6.07, 6.45) is -5.96. The molecule has 0 aromatic heterocycles. The van der Waals surface area contributed by atoms with Crippen LogP contribution in [0.15, 0.2) is 42.5 Å². The average Bonchev–Trinajstić information content (AvgIpc) is 2.71. The Bertz CT molecular complexity index is 1050. The third-order valence-corrected chi connectivity index (χ3v) is 4.08. The minimum atomic E-state index is -5.96. The van der Waals surface area contributed by atoms with Crippen molar-refractivity contribution in [1.29, 1.82) is 10.5 Å². The van der Waals surface area contributed by atoms with E-state index in [1.54, 1.807) is 0 Å². The molecule has 0 saturated carbocycles. The highest BCUT2D eigenvalue weighted by Crippen LogP contribution is 2.45. The normalized spacial score (nSPS) is 13.5. The molecule has 0 aliphatic heterocycles. The van der Waals surface area contributed by atoms with Crippen molar-refractivity contribution in [3.63, 3.8) is 0 Å². The largest absolute Gasteiger partial charge is 0.490 e. The second-order valence-electron chi connectivity index (χ2n) is 6.60. The van der Waals surface area contributed by atoms with Crippen molar-refractivity contribution in [3.05, 3.63) is 59.2 Å². The van der Waals surface area contributed by atoms with Crippen molar-refractivity contribution >= 4 is 11.6 Å². The summed E-state index contributed by atoms with van der Waals surface area (Å²) in [6, 6.07) is 10.8. The van der Waals surface area contributed by atoms with Gasteiger partial charge in [0.1, 0.15) is 12.4 Å². The second-order valence-corrected chi connectivity index (χ2v) is 6.60. The number of halogens is 5. The van der Waals surface area contributed by atoms with Gasteiger partial charge in [0.25, 0.3) is 5.91 Å². The molecule has 0 saturated heterocycles. The molecule has 0 bridgehead atoms. The molecule has 2 rings (SSSR count). The minimum absolute atomic E-state index is 0.220. The standard InChI is InChI=1S/C20H14F5N3O3/c1-18(30,11-31-15-6-2-12(9-26)3-7-15)17(29)28-14-5-4-13(10-27)16(8-14)19(21,22)20(23,24)25/h2-8,30H,11H2,1H3,(H,28,29)/t18-/m0/s1. The summed E-state index contributed by atoms with van der Waals surface area (Å²) in [5.74, 6) is -6.26. The molecule has 11 heteroatoms. The number of amides is 1. The summed E-state index contributed by atoms with van der Waals surface area (Å²) < 4.78 is 70.9. The van der Waals surface area contributed by atoms with Crippen molar-refractivity contribution in [2.75, 3.05) is 11.9 Å². The van der Waals surface area contributed by atoms with Crippen molar-refractivity contribution < 1.29 is 36.6 Å². The number of nitrogens with zero attached hydrogens (tertiary/aromatic N) is 2. The van der Waals surface area contributed by atoms with Crippen LogP contribution in [0.4, 0.5) is 27.6 Å². The third kappa shape index (κ3) is 5.27. The lowest BCUT2D eigenvalue weighted by Crippen LogP contribution is -2.45. The molecule has 31 heavy (non-hydrogen) atoms. The fourth-order valence-corrected chi connectivity index (χ4v) is 2.31. The van der Waals surface area contributed by atoms with Gasteiger partial charge in [-0.15, -0.1) is 0 Å². The highest BCUT2D eigenvalue weighted by atomic mass is 19.4. The molecule has 1 amide bonds. The number of anilines is 1. The molecule has 0 aliphatic carbocycles. The molecule has 0 unspecified atom stereocenters. The van der Waals surface area contributed by atoms with Crippen LogP contribution >= 0.6 is 0 Å². The number of carbonyl (C=O) groups excluding carboxylic acids is 1. The third-order valence-electron chi connectivity index (χ3n) is 4.08. The molecular weight excluding hydrogens is 425 g/mol. The lowest BCUT2D eigenvalue weighted by atomic mass is 10.0. The fraction of sp³-hybridized carbons (Fsp3) is 0.250. The number of nitriles is 2. The van der Waals surface area contributed by atoms with Crippen LogP contribution in [0.2, 0.25) is 0 Å². The van der Waals surface area contributed by atoms with Gasteiger partial charge in [-0.3, -0.25) is 4.79 Å². The first-order valence-electron chi connectivity index (χ1n) is 8.48. The predicted molar refractivity (Wildman–Crippen MR) is 97.0 cm³/mol.